The summed E-state index contributed by atoms with van der Waals surface area (Å²) in [7, 11) is -0.141. The van der Waals surface area contributed by atoms with Crippen molar-refractivity contribution in [1.29, 1.82) is 0 Å². The van der Waals surface area contributed by atoms with Crippen LogP contribution in [0.2, 0.25) is 0 Å². The molecule has 1 aliphatic rings. The fourth-order valence-corrected chi connectivity index (χ4v) is 3.28. The molecule has 0 bridgehead atoms. The van der Waals surface area contributed by atoms with Gasteiger partial charge in [0, 0.05) is 5.38 Å². The molecule has 1 aromatic heterocycles. The number of aromatic nitrogens is 1. The number of nitrogens with zero attached hydrogens (tertiary/aromatic N) is 2. The Kier molecular flexibility index (Phi) is 5.38. The number of hydrogen-bond donors (Lipinski definition) is 5. The molecule has 0 unspecified atom stereocenters. The van der Waals surface area contributed by atoms with Crippen LogP contribution in [0, 0.1) is 0 Å². The smallest absolute Gasteiger partial charge is 0.534 e. The molecule has 1 atom stereocenters. The highest BCUT2D eigenvalue weighted by atomic mass is 32.1. The second kappa shape index (κ2) is 7.74. The molecular weight excluding hydrogens is 391 g/mol. The van der Waals surface area contributed by atoms with Crippen LogP contribution in [-0.2, 0) is 11.2 Å². The van der Waals surface area contributed by atoms with Crippen molar-refractivity contribution in [3.05, 3.63) is 34.3 Å². The van der Waals surface area contributed by atoms with Crippen molar-refractivity contribution in [3.8, 4) is 11.5 Å². The van der Waals surface area contributed by atoms with E-state index in [4.69, 9.17) is 20.3 Å². The first kappa shape index (κ1) is 19.4. The lowest BCUT2D eigenvalue weighted by Crippen LogP contribution is -2.54. The molecule has 6 N–H and O–H groups in total. The Hall–Kier alpha value is -3.32. The van der Waals surface area contributed by atoms with Gasteiger partial charge in [-0.3, -0.25) is 4.79 Å². The number of carboxylic acids is 1. The van der Waals surface area contributed by atoms with E-state index in [2.05, 4.69) is 15.5 Å². The van der Waals surface area contributed by atoms with Gasteiger partial charge in [0.2, 0.25) is 0 Å². The summed E-state index contributed by atoms with van der Waals surface area (Å²) in [5.41, 5.74) is 5.45. The predicted octanol–water partition coefficient (Wildman–Crippen LogP) is -0.250. The van der Waals surface area contributed by atoms with E-state index in [1.807, 2.05) is 0 Å². The summed E-state index contributed by atoms with van der Waals surface area (Å²) >= 11 is 1.06. The fourth-order valence-electron chi connectivity index (χ4n) is 2.74. The molecule has 0 saturated carbocycles. The average Bonchev–Trinajstić information content (AvgIpc) is 3.08. The molecule has 0 radical (unpaired) electrons. The number of ether oxygens (including phenoxy) is 1. The number of carbonyl (C=O) groups is 2. The SMILES string of the molecule is COc1cc2c(c(C(=O)O)c1)OB(O)[C@@H](NC(=O)/C(=N\O)c1csc(N)n1)C2. The maximum Gasteiger partial charge on any atom is 0.547 e. The van der Waals surface area contributed by atoms with E-state index >= 15 is 0 Å². The van der Waals surface area contributed by atoms with Crippen LogP contribution in [0.25, 0.3) is 0 Å². The molecule has 1 amide bonds. The molecule has 13 heteroatoms. The Bertz CT molecular complexity index is 964. The van der Waals surface area contributed by atoms with Crippen LogP contribution >= 0.6 is 11.3 Å². The van der Waals surface area contributed by atoms with Crippen molar-refractivity contribution in [2.24, 2.45) is 5.16 Å². The van der Waals surface area contributed by atoms with E-state index < -0.39 is 24.9 Å². The molecule has 0 spiro atoms. The standard InChI is InChI=1S/C15H15BN4O7S/c1-26-7-2-6-3-10(16(24)27-12(6)8(4-7)14(22)23)19-13(21)11(20-25)9-5-28-15(17)18-9/h2,4-5,10,24-25H,3H2,1H3,(H2,17,18)(H,19,21)(H,22,23)/b20-11-/t10-/m0/s1. The predicted molar refractivity (Wildman–Crippen MR) is 99.0 cm³/mol. The maximum atomic E-state index is 12.4. The number of rotatable bonds is 5. The summed E-state index contributed by atoms with van der Waals surface area (Å²) < 4.78 is 10.4. The molecule has 2 heterocycles. The Labute approximate surface area is 162 Å². The molecule has 3 rings (SSSR count). The third kappa shape index (κ3) is 3.70. The normalized spacial score (nSPS) is 16.1. The topological polar surface area (TPSA) is 177 Å². The second-order valence-electron chi connectivity index (χ2n) is 5.78. The van der Waals surface area contributed by atoms with Gasteiger partial charge in [-0.15, -0.1) is 11.3 Å². The van der Waals surface area contributed by atoms with E-state index in [-0.39, 0.29) is 40.0 Å². The Morgan fingerprint density at radius 1 is 1.50 bits per heavy atom. The largest absolute Gasteiger partial charge is 0.547 e. The van der Waals surface area contributed by atoms with Crippen LogP contribution in [0.1, 0.15) is 21.6 Å². The van der Waals surface area contributed by atoms with Crippen molar-refractivity contribution < 1.29 is 34.3 Å². The lowest BCUT2D eigenvalue weighted by Gasteiger charge is -2.29. The summed E-state index contributed by atoms with van der Waals surface area (Å²) in [4.78, 5) is 27.8. The maximum absolute atomic E-state index is 12.4. The van der Waals surface area contributed by atoms with Crippen LogP contribution in [0.3, 0.4) is 0 Å². The van der Waals surface area contributed by atoms with Gasteiger partial charge in [0.15, 0.2) is 10.8 Å². The third-order valence-corrected chi connectivity index (χ3v) is 4.70. The van der Waals surface area contributed by atoms with Gasteiger partial charge >= 0.3 is 13.1 Å². The minimum absolute atomic E-state index is 0.00498. The molecule has 0 saturated heterocycles. The van der Waals surface area contributed by atoms with Gasteiger partial charge in [-0.05, 0) is 24.1 Å². The number of thiazole rings is 1. The zero-order valence-corrected chi connectivity index (χ0v) is 15.3. The van der Waals surface area contributed by atoms with Crippen molar-refractivity contribution in [2.75, 3.05) is 12.8 Å². The van der Waals surface area contributed by atoms with Gasteiger partial charge < -0.3 is 35.8 Å². The summed E-state index contributed by atoms with van der Waals surface area (Å²) in [5, 5.41) is 35.8. The van der Waals surface area contributed by atoms with Gasteiger partial charge in [-0.1, -0.05) is 5.16 Å². The number of amides is 1. The monoisotopic (exact) mass is 406 g/mol. The molecule has 146 valence electrons. The van der Waals surface area contributed by atoms with Crippen molar-refractivity contribution in [1.82, 2.24) is 10.3 Å². The lowest BCUT2D eigenvalue weighted by molar-refractivity contribution is -0.115. The van der Waals surface area contributed by atoms with Crippen LogP contribution in [-0.4, -0.2) is 58.1 Å². The van der Waals surface area contributed by atoms with Gasteiger partial charge in [-0.2, -0.15) is 0 Å². The van der Waals surface area contributed by atoms with Crippen LogP contribution in [0.15, 0.2) is 22.7 Å². The Balaban J connectivity index is 1.85. The Morgan fingerprint density at radius 3 is 2.82 bits per heavy atom. The second-order valence-corrected chi connectivity index (χ2v) is 6.67. The molecule has 2 aromatic rings. The zero-order chi connectivity index (χ0) is 20.4. The van der Waals surface area contributed by atoms with Crippen molar-refractivity contribution >= 4 is 41.2 Å². The molecule has 1 aliphatic heterocycles. The highest BCUT2D eigenvalue weighted by molar-refractivity contribution is 7.13. The quantitative estimate of drug-likeness (QED) is 0.194. The molecular formula is C15H15BN4O7S. The first-order valence-corrected chi connectivity index (χ1v) is 8.75. The summed E-state index contributed by atoms with van der Waals surface area (Å²) in [6, 6.07) is 2.82. The van der Waals surface area contributed by atoms with E-state index in [1.165, 1.54) is 18.6 Å². The highest BCUT2D eigenvalue weighted by Gasteiger charge is 2.39. The highest BCUT2D eigenvalue weighted by Crippen LogP contribution is 2.34. The van der Waals surface area contributed by atoms with Crippen LogP contribution in [0.5, 0.6) is 11.5 Å². The van der Waals surface area contributed by atoms with E-state index in [1.54, 1.807) is 6.07 Å². The van der Waals surface area contributed by atoms with Gasteiger partial charge in [-0.25, -0.2) is 9.78 Å². The number of fused-ring (bicyclic) bond motifs is 1. The molecule has 28 heavy (non-hydrogen) atoms. The number of nitrogens with one attached hydrogen (secondary N) is 1. The Morgan fingerprint density at radius 2 is 2.25 bits per heavy atom. The number of nitrogens with two attached hydrogens (primary N) is 1. The number of nitrogen functional groups attached to an aromatic ring is 1. The summed E-state index contributed by atoms with van der Waals surface area (Å²) in [6.45, 7) is 0. The third-order valence-electron chi connectivity index (χ3n) is 4.02. The van der Waals surface area contributed by atoms with Crippen LogP contribution in [0.4, 0.5) is 5.13 Å². The molecule has 0 aliphatic carbocycles. The van der Waals surface area contributed by atoms with Crippen molar-refractivity contribution in [2.45, 2.75) is 12.4 Å². The minimum atomic E-state index is -1.52. The van der Waals surface area contributed by atoms with Crippen LogP contribution < -0.4 is 20.4 Å². The number of anilines is 1. The number of benzene rings is 1. The fraction of sp³-hybridized carbons (Fsp3) is 0.200. The van der Waals surface area contributed by atoms with E-state index in [0.717, 1.165) is 11.3 Å². The zero-order valence-electron chi connectivity index (χ0n) is 14.4. The van der Waals surface area contributed by atoms with Gasteiger partial charge in [0.25, 0.3) is 5.91 Å². The van der Waals surface area contributed by atoms with Gasteiger partial charge in [0.1, 0.15) is 22.8 Å². The lowest BCUT2D eigenvalue weighted by atomic mass is 9.72. The molecule has 1 aromatic carbocycles. The number of aromatic carboxylic acids is 1. The summed E-state index contributed by atoms with van der Waals surface area (Å²) in [5.74, 6) is -2.72. The first-order valence-electron chi connectivity index (χ1n) is 7.87. The number of oxime groups is 1. The number of hydrogen-bond acceptors (Lipinski definition) is 10. The van der Waals surface area contributed by atoms with E-state index in [0.29, 0.717) is 5.56 Å². The minimum Gasteiger partial charge on any atom is -0.534 e. The molecule has 0 fully saturated rings. The number of methoxy groups -OCH3 is 1. The molecule has 11 nitrogen and oxygen atoms in total. The van der Waals surface area contributed by atoms with Crippen molar-refractivity contribution in [3.63, 3.8) is 0 Å². The van der Waals surface area contributed by atoms with Gasteiger partial charge in [0.05, 0.1) is 13.1 Å². The number of carbonyl (C=O) groups excluding carboxylic acids is 1. The summed E-state index contributed by atoms with van der Waals surface area (Å²) in [6.07, 6.45) is 0.0532. The first-order chi connectivity index (χ1) is 13.3. The van der Waals surface area contributed by atoms with E-state index in [9.17, 15) is 19.7 Å². The number of carboxylic acid groups (broad SMARTS) is 1. The average molecular weight is 406 g/mol.